The summed E-state index contributed by atoms with van der Waals surface area (Å²) in [5, 5.41) is 5.92. The van der Waals surface area contributed by atoms with Crippen molar-refractivity contribution in [2.45, 2.75) is 43.3 Å². The van der Waals surface area contributed by atoms with Crippen LogP contribution in [0.5, 0.6) is 0 Å². The summed E-state index contributed by atoms with van der Waals surface area (Å²) in [6.45, 7) is 1.98. The molecule has 9 heteroatoms. The number of nitrogens with one attached hydrogen (secondary N) is 3. The molecule has 0 bridgehead atoms. The first-order valence-electron chi connectivity index (χ1n) is 5.99. The molecule has 0 unspecified atom stereocenters. The van der Waals surface area contributed by atoms with Crippen LogP contribution in [0.4, 0.5) is 0 Å². The Morgan fingerprint density at radius 3 is 2.95 bits per heavy atom. The van der Waals surface area contributed by atoms with Gasteiger partial charge < -0.3 is 4.74 Å². The second-order valence-electron chi connectivity index (χ2n) is 4.26. The highest BCUT2D eigenvalue weighted by atomic mass is 32.2. The van der Waals surface area contributed by atoms with Gasteiger partial charge in [0.15, 0.2) is 0 Å². The van der Waals surface area contributed by atoms with Crippen molar-refractivity contribution in [3.63, 3.8) is 0 Å². The molecular weight excluding hydrogens is 272 g/mol. The standard InChI is InChI=1S/C10H16N4O4S/c1-2-7-3-4-9(18-7)10(15)13-14-19(16,17)8-5-11-12-6-8/h5-7,9,14H,2-4H2,1H3,(H,11,12)(H,13,15)/t7-,9+/m0/s1. The monoisotopic (exact) mass is 288 g/mol. The van der Waals surface area contributed by atoms with Crippen LogP contribution >= 0.6 is 0 Å². The zero-order valence-corrected chi connectivity index (χ0v) is 11.2. The maximum Gasteiger partial charge on any atom is 0.264 e. The van der Waals surface area contributed by atoms with Gasteiger partial charge >= 0.3 is 0 Å². The van der Waals surface area contributed by atoms with Crippen molar-refractivity contribution in [3.05, 3.63) is 12.4 Å². The number of ether oxygens (including phenoxy) is 1. The van der Waals surface area contributed by atoms with Gasteiger partial charge in [0.05, 0.1) is 12.3 Å². The van der Waals surface area contributed by atoms with Crippen LogP contribution in [-0.2, 0) is 19.6 Å². The van der Waals surface area contributed by atoms with Crippen LogP contribution in [0.2, 0.25) is 0 Å². The summed E-state index contributed by atoms with van der Waals surface area (Å²) in [5.41, 5.74) is 2.15. The Bertz CT molecular complexity index is 528. The lowest BCUT2D eigenvalue weighted by Gasteiger charge is -2.13. The number of aromatic amines is 1. The fraction of sp³-hybridized carbons (Fsp3) is 0.600. The van der Waals surface area contributed by atoms with E-state index in [1.807, 2.05) is 11.8 Å². The van der Waals surface area contributed by atoms with Crippen molar-refractivity contribution in [2.24, 2.45) is 0 Å². The Balaban J connectivity index is 1.88. The van der Waals surface area contributed by atoms with Gasteiger partial charge in [-0.2, -0.15) is 5.10 Å². The Morgan fingerprint density at radius 1 is 1.58 bits per heavy atom. The molecule has 8 nitrogen and oxygen atoms in total. The Labute approximate surface area is 110 Å². The molecule has 19 heavy (non-hydrogen) atoms. The summed E-state index contributed by atoms with van der Waals surface area (Å²) < 4.78 is 28.9. The fourth-order valence-corrected chi connectivity index (χ4v) is 2.59. The van der Waals surface area contributed by atoms with Gasteiger partial charge in [-0.15, -0.1) is 4.83 Å². The Hall–Kier alpha value is -1.45. The van der Waals surface area contributed by atoms with Crippen molar-refractivity contribution in [1.29, 1.82) is 0 Å². The highest BCUT2D eigenvalue weighted by molar-refractivity contribution is 7.89. The van der Waals surface area contributed by atoms with E-state index in [1.165, 1.54) is 6.20 Å². The third kappa shape index (κ3) is 3.31. The van der Waals surface area contributed by atoms with E-state index >= 15 is 0 Å². The summed E-state index contributed by atoms with van der Waals surface area (Å²) in [6, 6.07) is 0. The van der Waals surface area contributed by atoms with Crippen molar-refractivity contribution in [2.75, 3.05) is 0 Å². The third-order valence-corrected chi connectivity index (χ3v) is 4.16. The van der Waals surface area contributed by atoms with Crippen LogP contribution in [-0.4, -0.2) is 36.7 Å². The van der Waals surface area contributed by atoms with Gasteiger partial charge in [0.25, 0.3) is 15.9 Å². The normalized spacial score (nSPS) is 23.4. The predicted molar refractivity (Wildman–Crippen MR) is 65.2 cm³/mol. The lowest BCUT2D eigenvalue weighted by Crippen LogP contribution is -2.46. The minimum atomic E-state index is -3.79. The number of hydrogen-bond acceptors (Lipinski definition) is 5. The second kappa shape index (κ2) is 5.68. The molecule has 1 aromatic rings. The van der Waals surface area contributed by atoms with Crippen LogP contribution in [0.25, 0.3) is 0 Å². The van der Waals surface area contributed by atoms with Gasteiger partial charge in [-0.1, -0.05) is 6.92 Å². The van der Waals surface area contributed by atoms with E-state index < -0.39 is 22.0 Å². The molecule has 1 aromatic heterocycles. The van der Waals surface area contributed by atoms with E-state index in [1.54, 1.807) is 0 Å². The molecule has 0 spiro atoms. The molecule has 1 aliphatic heterocycles. The van der Waals surface area contributed by atoms with Crippen molar-refractivity contribution >= 4 is 15.9 Å². The number of sulfonamides is 1. The molecule has 106 valence electrons. The first-order valence-corrected chi connectivity index (χ1v) is 7.47. The quantitative estimate of drug-likeness (QED) is 0.642. The van der Waals surface area contributed by atoms with E-state index in [4.69, 9.17) is 4.74 Å². The van der Waals surface area contributed by atoms with Gasteiger partial charge in [-0.3, -0.25) is 15.3 Å². The molecule has 3 N–H and O–H groups in total. The number of H-pyrrole nitrogens is 1. The fourth-order valence-electron chi connectivity index (χ4n) is 1.84. The number of rotatable bonds is 5. The number of hydrogen-bond donors (Lipinski definition) is 3. The number of carbonyl (C=O) groups excluding carboxylic acids is 1. The second-order valence-corrected chi connectivity index (χ2v) is 5.94. The number of aromatic nitrogens is 2. The molecule has 2 heterocycles. The Kier molecular flexibility index (Phi) is 4.17. The van der Waals surface area contributed by atoms with Crippen molar-refractivity contribution in [3.8, 4) is 0 Å². The van der Waals surface area contributed by atoms with Crippen LogP contribution < -0.4 is 10.3 Å². The van der Waals surface area contributed by atoms with E-state index in [2.05, 4.69) is 15.6 Å². The highest BCUT2D eigenvalue weighted by Gasteiger charge is 2.30. The predicted octanol–water partition coefficient (Wildman–Crippen LogP) is -0.323. The zero-order valence-electron chi connectivity index (χ0n) is 10.4. The SMILES string of the molecule is CC[C@H]1CC[C@H](C(=O)NNS(=O)(=O)c2cn[nH]c2)O1. The maximum absolute atomic E-state index is 11.7. The lowest BCUT2D eigenvalue weighted by molar-refractivity contribution is -0.132. The van der Waals surface area contributed by atoms with E-state index in [-0.39, 0.29) is 11.0 Å². The van der Waals surface area contributed by atoms with Gasteiger partial charge in [0, 0.05) is 6.20 Å². The Morgan fingerprint density at radius 2 is 2.37 bits per heavy atom. The molecule has 1 fully saturated rings. The van der Waals surface area contributed by atoms with E-state index in [0.717, 1.165) is 19.0 Å². The third-order valence-electron chi connectivity index (χ3n) is 2.95. The summed E-state index contributed by atoms with van der Waals surface area (Å²) >= 11 is 0. The minimum absolute atomic E-state index is 0.0495. The van der Waals surface area contributed by atoms with E-state index in [0.29, 0.717) is 6.42 Å². The molecule has 0 saturated carbocycles. The molecule has 1 aliphatic rings. The van der Waals surface area contributed by atoms with Crippen LogP contribution in [0, 0.1) is 0 Å². The molecular formula is C10H16N4O4S. The van der Waals surface area contributed by atoms with Gasteiger partial charge in [-0.25, -0.2) is 8.42 Å². The molecule has 0 aromatic carbocycles. The first-order chi connectivity index (χ1) is 9.03. The van der Waals surface area contributed by atoms with Gasteiger partial charge in [-0.05, 0) is 19.3 Å². The summed E-state index contributed by atoms with van der Waals surface area (Å²) in [5.74, 6) is -0.483. The molecule has 0 aliphatic carbocycles. The smallest absolute Gasteiger partial charge is 0.264 e. The summed E-state index contributed by atoms with van der Waals surface area (Å²) in [6.07, 6.45) is 4.07. The van der Waals surface area contributed by atoms with Crippen molar-refractivity contribution < 1.29 is 17.9 Å². The highest BCUT2D eigenvalue weighted by Crippen LogP contribution is 2.21. The first kappa shape index (κ1) is 14.0. The molecule has 0 radical (unpaired) electrons. The van der Waals surface area contributed by atoms with Crippen LogP contribution in [0.3, 0.4) is 0 Å². The molecule has 1 amide bonds. The molecule has 2 atom stereocenters. The minimum Gasteiger partial charge on any atom is -0.365 e. The average Bonchev–Trinajstić information content (AvgIpc) is 3.06. The van der Waals surface area contributed by atoms with Gasteiger partial charge in [0.1, 0.15) is 11.0 Å². The lowest BCUT2D eigenvalue weighted by atomic mass is 10.1. The van der Waals surface area contributed by atoms with Crippen molar-refractivity contribution in [1.82, 2.24) is 20.5 Å². The maximum atomic E-state index is 11.7. The molecule has 2 rings (SSSR count). The number of amides is 1. The summed E-state index contributed by atoms with van der Waals surface area (Å²) in [7, 11) is -3.79. The largest absolute Gasteiger partial charge is 0.365 e. The van der Waals surface area contributed by atoms with Gasteiger partial charge in [0.2, 0.25) is 0 Å². The topological polar surface area (TPSA) is 113 Å². The number of nitrogens with zero attached hydrogens (tertiary/aromatic N) is 1. The van der Waals surface area contributed by atoms with Crippen LogP contribution in [0.1, 0.15) is 26.2 Å². The average molecular weight is 288 g/mol. The van der Waals surface area contributed by atoms with Crippen LogP contribution in [0.15, 0.2) is 17.3 Å². The summed E-state index contributed by atoms with van der Waals surface area (Å²) in [4.78, 5) is 13.7. The zero-order chi connectivity index (χ0) is 13.9. The number of hydrazine groups is 1. The molecule has 1 saturated heterocycles. The number of carbonyl (C=O) groups is 1. The van der Waals surface area contributed by atoms with E-state index in [9.17, 15) is 13.2 Å².